The molecule has 0 radical (unpaired) electrons. The lowest BCUT2D eigenvalue weighted by Gasteiger charge is -2.26. The minimum absolute atomic E-state index is 0.0295. The zero-order chi connectivity index (χ0) is 16.4. The third kappa shape index (κ3) is 3.67. The number of hydrogen-bond donors (Lipinski definition) is 1. The molecule has 0 saturated carbocycles. The van der Waals surface area contributed by atoms with E-state index in [-0.39, 0.29) is 29.0 Å². The normalized spacial score (nSPS) is 28.2. The molecule has 23 heavy (non-hydrogen) atoms. The molecule has 0 unspecified atom stereocenters. The molecule has 0 aromatic heterocycles. The summed E-state index contributed by atoms with van der Waals surface area (Å²) in [5.41, 5.74) is 0.906. The minimum Gasteiger partial charge on any atom is -0.368 e. The number of halogens is 2. The number of rotatable bonds is 4. The smallest absolute Gasteiger partial charge is 0.249 e. The van der Waals surface area contributed by atoms with Crippen LogP contribution in [0.15, 0.2) is 18.2 Å². The van der Waals surface area contributed by atoms with Gasteiger partial charge in [0.05, 0.1) is 5.02 Å². The molecule has 3 rings (SSSR count). The van der Waals surface area contributed by atoms with Gasteiger partial charge in [0.1, 0.15) is 11.9 Å². The van der Waals surface area contributed by atoms with Crippen LogP contribution >= 0.6 is 11.6 Å². The highest BCUT2D eigenvalue weighted by Crippen LogP contribution is 2.36. The second kappa shape index (κ2) is 7.16. The fourth-order valence-electron chi connectivity index (χ4n) is 3.59. The predicted octanol–water partition coefficient (Wildman–Crippen LogP) is 2.77. The second-order valence-electron chi connectivity index (χ2n) is 6.39. The zero-order valence-electron chi connectivity index (χ0n) is 13.2. The molecular formula is C17H22ClFN2O2. The summed E-state index contributed by atoms with van der Waals surface area (Å²) in [6.07, 6.45) is 2.40. The Balaban J connectivity index is 1.65. The highest BCUT2D eigenvalue weighted by Gasteiger charge is 2.34. The molecule has 0 spiro atoms. The summed E-state index contributed by atoms with van der Waals surface area (Å²) in [5, 5.41) is 3.14. The van der Waals surface area contributed by atoms with Crippen LogP contribution in [0, 0.1) is 11.7 Å². The highest BCUT2D eigenvalue weighted by atomic mass is 35.5. The van der Waals surface area contributed by atoms with Gasteiger partial charge < -0.3 is 10.1 Å². The van der Waals surface area contributed by atoms with Crippen LogP contribution in [-0.2, 0) is 9.53 Å². The van der Waals surface area contributed by atoms with Crippen molar-refractivity contribution in [1.82, 2.24) is 10.2 Å². The molecule has 1 aromatic rings. The van der Waals surface area contributed by atoms with E-state index in [0.29, 0.717) is 13.2 Å². The molecule has 0 bridgehead atoms. The Hall–Kier alpha value is -1.17. The van der Waals surface area contributed by atoms with E-state index in [4.69, 9.17) is 16.3 Å². The third-order valence-corrected chi connectivity index (χ3v) is 5.13. The molecule has 2 heterocycles. The topological polar surface area (TPSA) is 41.6 Å². The summed E-state index contributed by atoms with van der Waals surface area (Å²) in [4.78, 5) is 14.3. The van der Waals surface area contributed by atoms with Crippen LogP contribution in [0.5, 0.6) is 0 Å². The Kier molecular flexibility index (Phi) is 5.19. The largest absolute Gasteiger partial charge is 0.368 e. The van der Waals surface area contributed by atoms with Crippen molar-refractivity contribution >= 4 is 17.5 Å². The molecule has 1 N–H and O–H groups in total. The van der Waals surface area contributed by atoms with Crippen molar-refractivity contribution in [3.63, 3.8) is 0 Å². The second-order valence-corrected chi connectivity index (χ2v) is 6.80. The average molecular weight is 341 g/mol. The molecule has 2 aliphatic heterocycles. The number of nitrogens with one attached hydrogen (secondary N) is 1. The van der Waals surface area contributed by atoms with Crippen molar-refractivity contribution in [2.75, 3.05) is 26.7 Å². The maximum absolute atomic E-state index is 13.8. The van der Waals surface area contributed by atoms with Crippen LogP contribution in [0.4, 0.5) is 4.39 Å². The van der Waals surface area contributed by atoms with Gasteiger partial charge in [-0.25, -0.2) is 4.39 Å². The van der Waals surface area contributed by atoms with Crippen LogP contribution < -0.4 is 5.32 Å². The number of amides is 1. The molecule has 4 nitrogen and oxygen atoms in total. The number of carbonyl (C=O) groups excluding carboxylic acids is 1. The quantitative estimate of drug-likeness (QED) is 0.916. The monoisotopic (exact) mass is 340 g/mol. The summed E-state index contributed by atoms with van der Waals surface area (Å²) < 4.78 is 19.2. The summed E-state index contributed by atoms with van der Waals surface area (Å²) in [7, 11) is 2.03. The number of benzene rings is 1. The van der Waals surface area contributed by atoms with Crippen molar-refractivity contribution in [3.05, 3.63) is 34.6 Å². The van der Waals surface area contributed by atoms with Gasteiger partial charge in [0.15, 0.2) is 0 Å². The highest BCUT2D eigenvalue weighted by molar-refractivity contribution is 6.30. The predicted molar refractivity (Wildman–Crippen MR) is 86.9 cm³/mol. The van der Waals surface area contributed by atoms with Gasteiger partial charge in [-0.15, -0.1) is 0 Å². The first-order valence-electron chi connectivity index (χ1n) is 8.11. The van der Waals surface area contributed by atoms with E-state index in [1.807, 2.05) is 13.1 Å². The number of ether oxygens (including phenoxy) is 1. The average Bonchev–Trinajstić information content (AvgIpc) is 3.18. The first kappa shape index (κ1) is 16.7. The number of nitrogens with zero attached hydrogens (tertiary/aromatic N) is 1. The summed E-state index contributed by atoms with van der Waals surface area (Å²) >= 11 is 5.78. The molecule has 6 heteroatoms. The van der Waals surface area contributed by atoms with Crippen LogP contribution in [-0.4, -0.2) is 43.7 Å². The molecule has 2 aliphatic rings. The standard InChI is InChI=1S/C17H22ClFN2O2/c1-21-7-6-12(10-20-17(22)15-3-2-8-23-15)16(21)11-4-5-13(18)14(19)9-11/h4-5,9,12,15-16H,2-3,6-8,10H2,1H3,(H,20,22)/t12-,15-,16-/m1/s1. The molecule has 126 valence electrons. The molecule has 1 amide bonds. The van der Waals surface area contributed by atoms with Gasteiger partial charge in [0.2, 0.25) is 5.91 Å². The molecular weight excluding hydrogens is 319 g/mol. The van der Waals surface area contributed by atoms with E-state index in [2.05, 4.69) is 10.2 Å². The lowest BCUT2D eigenvalue weighted by molar-refractivity contribution is -0.130. The Labute approximate surface area is 140 Å². The first-order valence-corrected chi connectivity index (χ1v) is 8.48. The third-order valence-electron chi connectivity index (χ3n) is 4.82. The van der Waals surface area contributed by atoms with Crippen LogP contribution in [0.25, 0.3) is 0 Å². The Morgan fingerprint density at radius 1 is 1.48 bits per heavy atom. The summed E-state index contributed by atoms with van der Waals surface area (Å²) in [6.45, 7) is 2.17. The minimum atomic E-state index is -0.397. The number of carbonyl (C=O) groups is 1. The first-order chi connectivity index (χ1) is 11.1. The van der Waals surface area contributed by atoms with Crippen molar-refractivity contribution in [1.29, 1.82) is 0 Å². The van der Waals surface area contributed by atoms with E-state index in [0.717, 1.165) is 31.4 Å². The van der Waals surface area contributed by atoms with E-state index >= 15 is 0 Å². The van der Waals surface area contributed by atoms with Crippen LogP contribution in [0.1, 0.15) is 30.9 Å². The van der Waals surface area contributed by atoms with Crippen LogP contribution in [0.2, 0.25) is 5.02 Å². The van der Waals surface area contributed by atoms with Gasteiger partial charge in [-0.05, 0) is 56.5 Å². The van der Waals surface area contributed by atoms with E-state index in [1.165, 1.54) is 6.07 Å². The van der Waals surface area contributed by atoms with Gasteiger partial charge in [-0.2, -0.15) is 0 Å². The van der Waals surface area contributed by atoms with Crippen molar-refractivity contribution in [2.24, 2.45) is 5.92 Å². The lowest BCUT2D eigenvalue weighted by Crippen LogP contribution is -2.38. The van der Waals surface area contributed by atoms with Gasteiger partial charge in [-0.3, -0.25) is 9.69 Å². The number of hydrogen-bond acceptors (Lipinski definition) is 3. The van der Waals surface area contributed by atoms with Crippen molar-refractivity contribution in [2.45, 2.75) is 31.4 Å². The van der Waals surface area contributed by atoms with E-state index in [1.54, 1.807) is 6.07 Å². The van der Waals surface area contributed by atoms with Gasteiger partial charge in [0, 0.05) is 19.2 Å². The van der Waals surface area contributed by atoms with Gasteiger partial charge >= 0.3 is 0 Å². The zero-order valence-corrected chi connectivity index (χ0v) is 14.0. The van der Waals surface area contributed by atoms with Crippen molar-refractivity contribution in [3.8, 4) is 0 Å². The van der Waals surface area contributed by atoms with Gasteiger partial charge in [0.25, 0.3) is 0 Å². The Morgan fingerprint density at radius 2 is 2.30 bits per heavy atom. The molecule has 2 saturated heterocycles. The van der Waals surface area contributed by atoms with E-state index in [9.17, 15) is 9.18 Å². The molecule has 0 aliphatic carbocycles. The maximum atomic E-state index is 13.8. The summed E-state index contributed by atoms with van der Waals surface area (Å²) in [5.74, 6) is -0.171. The molecule has 2 fully saturated rings. The fourth-order valence-corrected chi connectivity index (χ4v) is 3.71. The molecule has 1 aromatic carbocycles. The fraction of sp³-hybridized carbons (Fsp3) is 0.588. The Morgan fingerprint density at radius 3 is 3.00 bits per heavy atom. The maximum Gasteiger partial charge on any atom is 0.249 e. The summed E-state index contributed by atoms with van der Waals surface area (Å²) in [6, 6.07) is 5.06. The van der Waals surface area contributed by atoms with E-state index < -0.39 is 5.82 Å². The Bertz CT molecular complexity index is 578. The number of likely N-dealkylation sites (tertiary alicyclic amines) is 1. The van der Waals surface area contributed by atoms with Gasteiger partial charge in [-0.1, -0.05) is 17.7 Å². The van der Waals surface area contributed by atoms with Crippen molar-refractivity contribution < 1.29 is 13.9 Å². The molecule has 3 atom stereocenters. The van der Waals surface area contributed by atoms with Crippen LogP contribution in [0.3, 0.4) is 0 Å². The lowest BCUT2D eigenvalue weighted by atomic mass is 9.93. The SMILES string of the molecule is CN1CC[C@H](CNC(=O)[C@H]2CCCO2)[C@H]1c1ccc(Cl)c(F)c1.